The maximum Gasteiger partial charge on any atom is 0.0513 e. The molecule has 0 bridgehead atoms. The summed E-state index contributed by atoms with van der Waals surface area (Å²) in [5.74, 6) is 0. The van der Waals surface area contributed by atoms with Gasteiger partial charge in [-0.3, -0.25) is 0 Å². The Labute approximate surface area is 155 Å². The molecule has 2 aromatic rings. The smallest absolute Gasteiger partial charge is 0.0513 e. The third-order valence-electron chi connectivity index (χ3n) is 5.90. The summed E-state index contributed by atoms with van der Waals surface area (Å²) in [7, 11) is 0. The number of nitrogens with one attached hydrogen (secondary N) is 1. The minimum absolute atomic E-state index is 0.0114. The van der Waals surface area contributed by atoms with Gasteiger partial charge in [0, 0.05) is 16.5 Å². The monoisotopic (exact) mass is 346 g/mol. The highest BCUT2D eigenvalue weighted by molar-refractivity contribution is 5.79. The van der Waals surface area contributed by atoms with Crippen LogP contribution < -0.4 is 0 Å². The highest BCUT2D eigenvalue weighted by atomic mass is 15.1. The number of nitrogens with zero attached hydrogens (tertiary/aromatic N) is 3. The summed E-state index contributed by atoms with van der Waals surface area (Å²) in [5.41, 5.74) is 15.7. The SMILES string of the molecule is Cc1ccc(C2(c3ccc(C)c(CN=[N+]=[N-])c3)CCCCC2)cc1C=N. The third kappa shape index (κ3) is 3.38. The molecule has 134 valence electrons. The predicted molar refractivity (Wildman–Crippen MR) is 107 cm³/mol. The largest absolute Gasteiger partial charge is 0.308 e. The summed E-state index contributed by atoms with van der Waals surface area (Å²) in [6.07, 6.45) is 7.41. The van der Waals surface area contributed by atoms with Crippen LogP contribution in [0.2, 0.25) is 0 Å². The van der Waals surface area contributed by atoms with E-state index in [9.17, 15) is 0 Å². The number of aryl methyl sites for hydroxylation is 2. The second-order valence-corrected chi connectivity index (χ2v) is 7.39. The molecular weight excluding hydrogens is 320 g/mol. The molecule has 4 nitrogen and oxygen atoms in total. The zero-order chi connectivity index (χ0) is 18.6. The standard InChI is InChI=1S/C22H26N4/c1-16-6-8-20(12-18(16)14-23)22(10-4-3-5-11-22)21-9-7-17(2)19(13-21)15-25-26-24/h6-9,12-14,23H,3-5,10-11,15H2,1-2H3. The van der Waals surface area contributed by atoms with Crippen LogP contribution in [0.5, 0.6) is 0 Å². The second-order valence-electron chi connectivity index (χ2n) is 7.39. The van der Waals surface area contributed by atoms with E-state index in [2.05, 4.69) is 60.3 Å². The van der Waals surface area contributed by atoms with Gasteiger partial charge in [-0.1, -0.05) is 54.7 Å². The molecule has 0 aliphatic heterocycles. The Kier molecular flexibility index (Phi) is 5.43. The van der Waals surface area contributed by atoms with Crippen molar-refractivity contribution in [2.75, 3.05) is 0 Å². The fourth-order valence-electron chi connectivity index (χ4n) is 4.24. The molecule has 0 saturated heterocycles. The first-order valence-electron chi connectivity index (χ1n) is 9.33. The first kappa shape index (κ1) is 18.2. The van der Waals surface area contributed by atoms with Crippen molar-refractivity contribution in [3.63, 3.8) is 0 Å². The molecule has 1 fully saturated rings. The Bertz CT molecular complexity index is 856. The van der Waals surface area contributed by atoms with E-state index in [1.165, 1.54) is 36.6 Å². The second kappa shape index (κ2) is 7.76. The Morgan fingerprint density at radius 1 is 1.04 bits per heavy atom. The van der Waals surface area contributed by atoms with Crippen LogP contribution in [0.1, 0.15) is 65.5 Å². The lowest BCUT2D eigenvalue weighted by molar-refractivity contribution is 0.345. The molecule has 0 radical (unpaired) electrons. The maximum absolute atomic E-state index is 8.69. The third-order valence-corrected chi connectivity index (χ3v) is 5.90. The van der Waals surface area contributed by atoms with Crippen LogP contribution in [0.4, 0.5) is 0 Å². The van der Waals surface area contributed by atoms with E-state index in [4.69, 9.17) is 10.9 Å². The van der Waals surface area contributed by atoms with E-state index >= 15 is 0 Å². The molecule has 1 saturated carbocycles. The first-order chi connectivity index (χ1) is 12.6. The van der Waals surface area contributed by atoms with Gasteiger partial charge in [-0.15, -0.1) is 0 Å². The van der Waals surface area contributed by atoms with Crippen LogP contribution in [0.25, 0.3) is 10.4 Å². The van der Waals surface area contributed by atoms with Gasteiger partial charge in [0.05, 0.1) is 6.54 Å². The van der Waals surface area contributed by atoms with Gasteiger partial charge in [-0.2, -0.15) is 0 Å². The number of hydrogen-bond donors (Lipinski definition) is 1. The van der Waals surface area contributed by atoms with Gasteiger partial charge in [0.15, 0.2) is 0 Å². The summed E-state index contributed by atoms with van der Waals surface area (Å²) in [5, 5.41) is 11.5. The highest BCUT2D eigenvalue weighted by Crippen LogP contribution is 2.45. The fourth-order valence-corrected chi connectivity index (χ4v) is 4.24. The lowest BCUT2D eigenvalue weighted by Crippen LogP contribution is -2.31. The molecule has 0 amide bonds. The molecule has 1 N–H and O–H groups in total. The van der Waals surface area contributed by atoms with E-state index in [0.29, 0.717) is 6.54 Å². The van der Waals surface area contributed by atoms with Gasteiger partial charge in [-0.05, 0) is 71.7 Å². The summed E-state index contributed by atoms with van der Waals surface area (Å²) >= 11 is 0. The number of hydrogen-bond acceptors (Lipinski definition) is 2. The van der Waals surface area contributed by atoms with Crippen LogP contribution in [-0.2, 0) is 12.0 Å². The minimum atomic E-state index is -0.0114. The molecule has 0 aromatic heterocycles. The Morgan fingerprint density at radius 3 is 2.35 bits per heavy atom. The average molecular weight is 346 g/mol. The van der Waals surface area contributed by atoms with Crippen LogP contribution in [0.3, 0.4) is 0 Å². The van der Waals surface area contributed by atoms with E-state index in [1.54, 1.807) is 0 Å². The highest BCUT2D eigenvalue weighted by Gasteiger charge is 2.36. The molecule has 3 rings (SSSR count). The lowest BCUT2D eigenvalue weighted by atomic mass is 9.64. The summed E-state index contributed by atoms with van der Waals surface area (Å²) in [4.78, 5) is 2.92. The zero-order valence-corrected chi connectivity index (χ0v) is 15.6. The molecule has 0 spiro atoms. The maximum atomic E-state index is 8.69. The molecule has 1 aliphatic carbocycles. The van der Waals surface area contributed by atoms with Gasteiger partial charge in [0.2, 0.25) is 0 Å². The van der Waals surface area contributed by atoms with Gasteiger partial charge >= 0.3 is 0 Å². The summed E-state index contributed by atoms with van der Waals surface area (Å²) in [6, 6.07) is 13.2. The van der Waals surface area contributed by atoms with Crippen molar-refractivity contribution in [3.05, 3.63) is 80.2 Å². The van der Waals surface area contributed by atoms with Crippen molar-refractivity contribution < 1.29 is 0 Å². The summed E-state index contributed by atoms with van der Waals surface area (Å²) < 4.78 is 0. The Hall–Kier alpha value is -2.58. The fraction of sp³-hybridized carbons (Fsp3) is 0.409. The molecule has 1 aliphatic rings. The van der Waals surface area contributed by atoms with Crippen LogP contribution in [-0.4, -0.2) is 6.21 Å². The van der Waals surface area contributed by atoms with Gasteiger partial charge in [0.25, 0.3) is 0 Å². The number of azide groups is 1. The molecule has 0 heterocycles. The predicted octanol–water partition coefficient (Wildman–Crippen LogP) is 6.36. The van der Waals surface area contributed by atoms with Gasteiger partial charge in [-0.25, -0.2) is 0 Å². The lowest BCUT2D eigenvalue weighted by Gasteiger charge is -2.39. The van der Waals surface area contributed by atoms with Crippen LogP contribution in [0.15, 0.2) is 41.5 Å². The van der Waals surface area contributed by atoms with E-state index in [0.717, 1.165) is 35.1 Å². The van der Waals surface area contributed by atoms with Gasteiger partial charge in [0.1, 0.15) is 0 Å². The Balaban J connectivity index is 2.14. The molecule has 26 heavy (non-hydrogen) atoms. The van der Waals surface area contributed by atoms with Crippen molar-refractivity contribution in [2.24, 2.45) is 5.11 Å². The van der Waals surface area contributed by atoms with Crippen LogP contribution >= 0.6 is 0 Å². The number of benzene rings is 2. The van der Waals surface area contributed by atoms with Crippen LogP contribution in [0, 0.1) is 19.3 Å². The Morgan fingerprint density at radius 2 is 1.69 bits per heavy atom. The van der Waals surface area contributed by atoms with Crippen molar-refractivity contribution in [1.29, 1.82) is 5.41 Å². The zero-order valence-electron chi connectivity index (χ0n) is 15.6. The molecule has 0 unspecified atom stereocenters. The van der Waals surface area contributed by atoms with Crippen molar-refractivity contribution in [1.82, 2.24) is 0 Å². The first-order valence-corrected chi connectivity index (χ1v) is 9.33. The average Bonchev–Trinajstić information content (AvgIpc) is 2.68. The molecule has 2 aromatic carbocycles. The summed E-state index contributed by atoms with van der Waals surface area (Å²) in [6.45, 7) is 4.52. The minimum Gasteiger partial charge on any atom is -0.308 e. The van der Waals surface area contributed by atoms with Crippen molar-refractivity contribution in [3.8, 4) is 0 Å². The number of rotatable bonds is 5. The van der Waals surface area contributed by atoms with E-state index < -0.39 is 0 Å². The van der Waals surface area contributed by atoms with Crippen molar-refractivity contribution in [2.45, 2.75) is 57.9 Å². The quantitative estimate of drug-likeness (QED) is 0.283. The molecule has 4 heteroatoms. The van der Waals surface area contributed by atoms with E-state index in [-0.39, 0.29) is 5.41 Å². The van der Waals surface area contributed by atoms with Gasteiger partial charge < -0.3 is 5.41 Å². The molecule has 0 atom stereocenters. The topological polar surface area (TPSA) is 72.6 Å². The van der Waals surface area contributed by atoms with E-state index in [1.807, 2.05) is 0 Å². The molecular formula is C22H26N4. The normalized spacial score (nSPS) is 15.9. The van der Waals surface area contributed by atoms with Crippen molar-refractivity contribution >= 4 is 6.21 Å².